The van der Waals surface area contributed by atoms with Crippen molar-refractivity contribution in [3.05, 3.63) is 96.9 Å². The van der Waals surface area contributed by atoms with Crippen LogP contribution in [0.3, 0.4) is 0 Å². The van der Waals surface area contributed by atoms with Crippen molar-refractivity contribution in [1.29, 1.82) is 0 Å². The highest BCUT2D eigenvalue weighted by Gasteiger charge is 2.34. The average molecular weight is 620 g/mol. The number of ether oxygens (including phenoxy) is 2. The van der Waals surface area contributed by atoms with Gasteiger partial charge < -0.3 is 9.47 Å². The fourth-order valence-corrected chi connectivity index (χ4v) is 5.45. The van der Waals surface area contributed by atoms with Crippen LogP contribution in [0.5, 0.6) is 11.5 Å². The molecule has 5 nitrogen and oxygen atoms in total. The van der Waals surface area contributed by atoms with Crippen molar-refractivity contribution in [2.24, 2.45) is 0 Å². The molecule has 1 saturated heterocycles. The summed E-state index contributed by atoms with van der Waals surface area (Å²) in [6.07, 6.45) is 2.36. The van der Waals surface area contributed by atoms with Gasteiger partial charge in [0.25, 0.3) is 11.1 Å². The summed E-state index contributed by atoms with van der Waals surface area (Å²) in [5, 5.41) is 0.400. The van der Waals surface area contributed by atoms with Gasteiger partial charge in [-0.1, -0.05) is 54.1 Å². The summed E-state index contributed by atoms with van der Waals surface area (Å²) in [5.41, 5.74) is 2.80. The van der Waals surface area contributed by atoms with E-state index < -0.39 is 0 Å². The Morgan fingerprint density at radius 1 is 1.00 bits per heavy atom. The minimum Gasteiger partial charge on any atom is -0.490 e. The minimum absolute atomic E-state index is 0.251. The van der Waals surface area contributed by atoms with Crippen LogP contribution in [0.4, 0.5) is 4.79 Å². The second-order valence-electron chi connectivity index (χ2n) is 7.75. The average Bonchev–Trinajstić information content (AvgIpc) is 3.10. The summed E-state index contributed by atoms with van der Waals surface area (Å²) >= 11 is 9.23. The summed E-state index contributed by atoms with van der Waals surface area (Å²) in [6, 6.07) is 21.1. The zero-order valence-electron chi connectivity index (χ0n) is 19.0. The third-order valence-corrected chi connectivity index (χ3v) is 7.19. The molecule has 0 spiro atoms. The first kappa shape index (κ1) is 25.6. The molecule has 8 heteroatoms. The summed E-state index contributed by atoms with van der Waals surface area (Å²) in [5.74, 6) is 0.932. The number of carbonyl (C=O) groups is 2. The van der Waals surface area contributed by atoms with Crippen LogP contribution in [0.1, 0.15) is 23.6 Å². The molecular formula is C27H23ClINO4S. The third kappa shape index (κ3) is 6.59. The van der Waals surface area contributed by atoms with Gasteiger partial charge in [-0.2, -0.15) is 0 Å². The van der Waals surface area contributed by atoms with Gasteiger partial charge in [0.05, 0.1) is 15.1 Å². The molecule has 3 aromatic rings. The maximum absolute atomic E-state index is 12.9. The Kier molecular flexibility index (Phi) is 8.75. The van der Waals surface area contributed by atoms with Gasteiger partial charge in [-0.05, 0) is 94.7 Å². The first-order valence-electron chi connectivity index (χ1n) is 11.1. The van der Waals surface area contributed by atoms with E-state index in [2.05, 4.69) is 22.6 Å². The molecule has 0 aliphatic carbocycles. The number of benzene rings is 3. The van der Waals surface area contributed by atoms with Gasteiger partial charge in [0, 0.05) is 11.6 Å². The molecule has 0 aromatic heterocycles. The third-order valence-electron chi connectivity index (χ3n) is 5.24. The molecule has 35 heavy (non-hydrogen) atoms. The highest BCUT2D eigenvalue weighted by atomic mass is 127. The Labute approximate surface area is 227 Å². The van der Waals surface area contributed by atoms with E-state index in [4.69, 9.17) is 21.1 Å². The molecule has 0 unspecified atom stereocenters. The van der Waals surface area contributed by atoms with E-state index in [0.29, 0.717) is 47.6 Å². The lowest BCUT2D eigenvalue weighted by molar-refractivity contribution is -0.122. The summed E-state index contributed by atoms with van der Waals surface area (Å²) in [4.78, 5) is 27.2. The van der Waals surface area contributed by atoms with E-state index in [1.165, 1.54) is 4.90 Å². The molecule has 0 saturated carbocycles. The molecule has 1 fully saturated rings. The lowest BCUT2D eigenvalue weighted by Gasteiger charge is -2.15. The van der Waals surface area contributed by atoms with Crippen molar-refractivity contribution in [3.8, 4) is 11.5 Å². The molecule has 1 aliphatic rings. The number of halogens is 2. The predicted molar refractivity (Wildman–Crippen MR) is 149 cm³/mol. The fourth-order valence-electron chi connectivity index (χ4n) is 3.59. The normalized spacial score (nSPS) is 14.6. The maximum Gasteiger partial charge on any atom is 0.293 e. The highest BCUT2D eigenvalue weighted by Crippen LogP contribution is 2.38. The number of rotatable bonds is 9. The van der Waals surface area contributed by atoms with Gasteiger partial charge >= 0.3 is 0 Å². The quantitative estimate of drug-likeness (QED) is 0.187. The summed E-state index contributed by atoms with van der Waals surface area (Å²) in [6.45, 7) is 3.06. The number of hydrogen-bond acceptors (Lipinski definition) is 5. The number of amides is 2. The number of nitrogens with zero attached hydrogens (tertiary/aromatic N) is 1. The van der Waals surface area contributed by atoms with E-state index >= 15 is 0 Å². The Balaban J connectivity index is 1.51. The molecule has 0 N–H and O–H groups in total. The van der Waals surface area contributed by atoms with Crippen molar-refractivity contribution < 1.29 is 19.1 Å². The zero-order chi connectivity index (χ0) is 24.8. The lowest BCUT2D eigenvalue weighted by Crippen LogP contribution is -2.30. The minimum atomic E-state index is -0.273. The van der Waals surface area contributed by atoms with E-state index in [9.17, 15) is 9.59 Å². The Morgan fingerprint density at radius 2 is 1.77 bits per heavy atom. The van der Waals surface area contributed by atoms with Gasteiger partial charge in [0.15, 0.2) is 11.5 Å². The van der Waals surface area contributed by atoms with E-state index in [0.717, 1.165) is 32.0 Å². The van der Waals surface area contributed by atoms with Crippen molar-refractivity contribution in [2.75, 3.05) is 13.2 Å². The second-order valence-corrected chi connectivity index (χ2v) is 10.3. The van der Waals surface area contributed by atoms with Gasteiger partial charge in [-0.25, -0.2) is 0 Å². The molecule has 2 amide bonds. The van der Waals surface area contributed by atoms with Gasteiger partial charge in [0.1, 0.15) is 6.61 Å². The Bertz CT molecular complexity index is 1270. The van der Waals surface area contributed by atoms with E-state index in [-0.39, 0.29) is 11.1 Å². The van der Waals surface area contributed by atoms with Gasteiger partial charge in [-0.3, -0.25) is 14.5 Å². The van der Waals surface area contributed by atoms with E-state index in [1.54, 1.807) is 6.08 Å². The molecule has 1 heterocycles. The van der Waals surface area contributed by atoms with Crippen LogP contribution in [0.25, 0.3) is 6.08 Å². The zero-order valence-corrected chi connectivity index (χ0v) is 22.7. The van der Waals surface area contributed by atoms with Crippen LogP contribution in [0.2, 0.25) is 5.02 Å². The SMILES string of the molecule is CCOc1cc(/C=C2\SC(=O)N(CCc3ccccc3)C2=O)cc(I)c1OCc1cccc(Cl)c1. The first-order valence-corrected chi connectivity index (χ1v) is 13.3. The number of imide groups is 1. The fraction of sp³-hybridized carbons (Fsp3) is 0.185. The van der Waals surface area contributed by atoms with Gasteiger partial charge in [-0.15, -0.1) is 0 Å². The second kappa shape index (κ2) is 12.0. The van der Waals surface area contributed by atoms with Crippen LogP contribution in [0.15, 0.2) is 71.6 Å². The standard InChI is InChI=1S/C27H23ClINO4S/c1-2-33-23-15-20(14-22(29)25(23)34-17-19-9-6-10-21(28)13-19)16-24-26(31)30(27(32)35-24)12-11-18-7-4-3-5-8-18/h3-10,13-16H,2,11-12,17H2,1H3/b24-16-. The Hall–Kier alpha value is -2.49. The monoisotopic (exact) mass is 619 g/mol. The molecule has 4 rings (SSSR count). The topological polar surface area (TPSA) is 55.8 Å². The summed E-state index contributed by atoms with van der Waals surface area (Å²) in [7, 11) is 0. The molecule has 0 atom stereocenters. The number of carbonyl (C=O) groups excluding carboxylic acids is 2. The lowest BCUT2D eigenvalue weighted by atomic mass is 10.1. The van der Waals surface area contributed by atoms with Gasteiger partial charge in [0.2, 0.25) is 0 Å². The molecule has 180 valence electrons. The van der Waals surface area contributed by atoms with E-state index in [1.807, 2.05) is 73.7 Å². The highest BCUT2D eigenvalue weighted by molar-refractivity contribution is 14.1. The molecule has 0 radical (unpaired) electrons. The predicted octanol–water partition coefficient (Wildman–Crippen LogP) is 7.20. The molecule has 3 aromatic carbocycles. The first-order chi connectivity index (χ1) is 16.9. The number of hydrogen-bond donors (Lipinski definition) is 0. The molecule has 0 bridgehead atoms. The molecule has 1 aliphatic heterocycles. The van der Waals surface area contributed by atoms with Crippen LogP contribution in [0, 0.1) is 3.57 Å². The van der Waals surface area contributed by atoms with Crippen molar-refractivity contribution in [2.45, 2.75) is 20.0 Å². The van der Waals surface area contributed by atoms with Crippen molar-refractivity contribution in [3.63, 3.8) is 0 Å². The molecular weight excluding hydrogens is 597 g/mol. The largest absolute Gasteiger partial charge is 0.490 e. The van der Waals surface area contributed by atoms with Crippen LogP contribution in [-0.2, 0) is 17.8 Å². The smallest absolute Gasteiger partial charge is 0.293 e. The summed E-state index contributed by atoms with van der Waals surface area (Å²) < 4.78 is 12.7. The van der Waals surface area contributed by atoms with Crippen molar-refractivity contribution >= 4 is 63.2 Å². The Morgan fingerprint density at radius 3 is 2.51 bits per heavy atom. The van der Waals surface area contributed by atoms with Crippen LogP contribution >= 0.6 is 46.0 Å². The maximum atomic E-state index is 12.9. The van der Waals surface area contributed by atoms with Crippen LogP contribution in [-0.4, -0.2) is 29.2 Å². The van der Waals surface area contributed by atoms with Crippen molar-refractivity contribution in [1.82, 2.24) is 4.90 Å². The number of thioether (sulfide) groups is 1. The van der Waals surface area contributed by atoms with Crippen LogP contribution < -0.4 is 9.47 Å².